The van der Waals surface area contributed by atoms with Gasteiger partial charge in [-0.25, -0.2) is 0 Å². The molecule has 1 aliphatic carbocycles. The fraction of sp³-hybridized carbons (Fsp3) is 0.368. The lowest BCUT2D eigenvalue weighted by molar-refractivity contribution is -0.153. The van der Waals surface area contributed by atoms with Crippen molar-refractivity contribution >= 4 is 23.3 Å². The van der Waals surface area contributed by atoms with E-state index < -0.39 is 6.10 Å². The van der Waals surface area contributed by atoms with Gasteiger partial charge in [0, 0.05) is 16.4 Å². The van der Waals surface area contributed by atoms with E-state index in [0.717, 1.165) is 16.0 Å². The van der Waals surface area contributed by atoms with Crippen molar-refractivity contribution in [2.24, 2.45) is 11.8 Å². The number of carbonyl (C=O) groups is 2. The quantitative estimate of drug-likeness (QED) is 0.772. The van der Waals surface area contributed by atoms with Crippen molar-refractivity contribution in [1.82, 2.24) is 0 Å². The van der Waals surface area contributed by atoms with Crippen LogP contribution in [0.1, 0.15) is 22.1 Å². The van der Waals surface area contributed by atoms with E-state index >= 15 is 0 Å². The number of carbonyl (C=O) groups excluding carboxylic acids is 2. The number of cyclic esters (lactones) is 1. The van der Waals surface area contributed by atoms with Crippen LogP contribution in [0.15, 0.2) is 29.6 Å². The normalized spacial score (nSPS) is 25.4. The highest BCUT2D eigenvalue weighted by Crippen LogP contribution is 2.48. The zero-order valence-corrected chi connectivity index (χ0v) is 14.6. The van der Waals surface area contributed by atoms with Gasteiger partial charge in [-0.1, -0.05) is 6.07 Å². The van der Waals surface area contributed by atoms with Crippen molar-refractivity contribution in [2.75, 3.05) is 13.4 Å². The molecule has 0 bridgehead atoms. The number of hydrogen-bond acceptors (Lipinski definition) is 7. The number of benzene rings is 1. The van der Waals surface area contributed by atoms with Gasteiger partial charge in [0.15, 0.2) is 11.5 Å². The summed E-state index contributed by atoms with van der Waals surface area (Å²) in [6.07, 6.45) is 0.270. The summed E-state index contributed by atoms with van der Waals surface area (Å²) < 4.78 is 22.0. The second kappa shape index (κ2) is 6.02. The summed E-state index contributed by atoms with van der Waals surface area (Å²) in [6.45, 7) is 0.449. The van der Waals surface area contributed by atoms with E-state index in [2.05, 4.69) is 0 Å². The molecule has 2 aromatic rings. The Bertz CT molecular complexity index is 874. The number of fused-ring (bicyclic) bond motifs is 3. The van der Waals surface area contributed by atoms with Gasteiger partial charge in [0.05, 0.1) is 18.9 Å². The summed E-state index contributed by atoms with van der Waals surface area (Å²) in [6, 6.07) is 7.58. The maximum atomic E-state index is 12.5. The highest BCUT2D eigenvalue weighted by atomic mass is 32.1. The first-order valence-corrected chi connectivity index (χ1v) is 9.38. The summed E-state index contributed by atoms with van der Waals surface area (Å²) >= 11 is 1.52. The first-order valence-electron chi connectivity index (χ1n) is 8.50. The molecule has 0 N–H and O–H groups in total. The van der Waals surface area contributed by atoms with E-state index in [4.69, 9.17) is 18.9 Å². The van der Waals surface area contributed by atoms with Crippen LogP contribution in [0.2, 0.25) is 0 Å². The lowest BCUT2D eigenvalue weighted by atomic mass is 9.75. The van der Waals surface area contributed by atoms with Crippen LogP contribution in [-0.2, 0) is 31.9 Å². The predicted octanol–water partition coefficient (Wildman–Crippen LogP) is 2.65. The molecule has 2 unspecified atom stereocenters. The van der Waals surface area contributed by atoms with Gasteiger partial charge < -0.3 is 18.9 Å². The molecule has 3 atom stereocenters. The summed E-state index contributed by atoms with van der Waals surface area (Å²) in [5.74, 6) is 0.327. The van der Waals surface area contributed by atoms with Crippen molar-refractivity contribution in [3.05, 3.63) is 45.6 Å². The van der Waals surface area contributed by atoms with Gasteiger partial charge in [-0.3, -0.25) is 9.59 Å². The van der Waals surface area contributed by atoms with Crippen LogP contribution in [-0.4, -0.2) is 25.3 Å². The van der Waals surface area contributed by atoms with Gasteiger partial charge >= 0.3 is 11.9 Å². The molecule has 1 fully saturated rings. The summed E-state index contributed by atoms with van der Waals surface area (Å²) in [7, 11) is 0. The van der Waals surface area contributed by atoms with Crippen molar-refractivity contribution in [2.45, 2.75) is 18.9 Å². The number of rotatable bonds is 3. The Labute approximate surface area is 153 Å². The molecule has 1 aromatic carbocycles. The van der Waals surface area contributed by atoms with Crippen LogP contribution in [0.25, 0.3) is 0 Å². The van der Waals surface area contributed by atoms with Crippen LogP contribution < -0.4 is 9.47 Å². The van der Waals surface area contributed by atoms with Crippen LogP contribution >= 0.6 is 11.3 Å². The Kier molecular flexibility index (Phi) is 3.63. The third kappa shape index (κ3) is 2.54. The van der Waals surface area contributed by atoms with Gasteiger partial charge in [0.1, 0.15) is 6.10 Å². The Hall–Kier alpha value is -2.54. The van der Waals surface area contributed by atoms with Crippen molar-refractivity contribution < 1.29 is 28.5 Å². The minimum Gasteiger partial charge on any atom is -0.465 e. The summed E-state index contributed by atoms with van der Waals surface area (Å²) in [5.41, 5.74) is 1.83. The van der Waals surface area contributed by atoms with E-state index in [1.54, 1.807) is 0 Å². The molecule has 0 saturated carbocycles. The lowest BCUT2D eigenvalue weighted by Crippen LogP contribution is -2.33. The molecule has 3 heterocycles. The van der Waals surface area contributed by atoms with E-state index in [-0.39, 0.29) is 43.6 Å². The summed E-state index contributed by atoms with van der Waals surface area (Å²) in [4.78, 5) is 25.6. The molecule has 0 radical (unpaired) electrons. The third-order valence-electron chi connectivity index (χ3n) is 5.16. The lowest BCUT2D eigenvalue weighted by Gasteiger charge is -2.32. The monoisotopic (exact) mass is 372 g/mol. The van der Waals surface area contributed by atoms with Gasteiger partial charge in [0.25, 0.3) is 0 Å². The van der Waals surface area contributed by atoms with Crippen molar-refractivity contribution in [1.29, 1.82) is 0 Å². The van der Waals surface area contributed by atoms with Gasteiger partial charge in [-0.05, 0) is 35.6 Å². The minimum atomic E-state index is -0.517. The summed E-state index contributed by atoms with van der Waals surface area (Å²) in [5, 5.41) is 1.93. The fourth-order valence-electron chi connectivity index (χ4n) is 3.91. The molecule has 7 heteroatoms. The smallest absolute Gasteiger partial charge is 0.311 e. The first kappa shape index (κ1) is 15.7. The Balaban J connectivity index is 1.48. The van der Waals surface area contributed by atoms with Gasteiger partial charge in [-0.15, -0.1) is 11.3 Å². The molecule has 1 saturated heterocycles. The predicted molar refractivity (Wildman–Crippen MR) is 91.1 cm³/mol. The molecule has 1 aromatic heterocycles. The van der Waals surface area contributed by atoms with E-state index in [0.29, 0.717) is 17.9 Å². The fourth-order valence-corrected chi connectivity index (χ4v) is 4.60. The number of ether oxygens (including phenoxy) is 4. The molecule has 0 amide bonds. The molecule has 2 aliphatic heterocycles. The Morgan fingerprint density at radius 2 is 2.08 bits per heavy atom. The standard InChI is InChI=1S/C19H16O6S/c20-17(6-11-2-1-3-26-11)25-18-12-7-16-15(23-9-24-16)5-10(12)4-13-14(18)8-22-19(13)21/h1-3,5,7,13-14,18H,4,6,8-9H2/t13-,14?,18?/m1/s1. The van der Waals surface area contributed by atoms with Crippen LogP contribution in [0.3, 0.4) is 0 Å². The van der Waals surface area contributed by atoms with Gasteiger partial charge in [0.2, 0.25) is 6.79 Å². The van der Waals surface area contributed by atoms with Gasteiger partial charge in [-0.2, -0.15) is 0 Å². The molecule has 6 nitrogen and oxygen atoms in total. The molecule has 26 heavy (non-hydrogen) atoms. The zero-order valence-electron chi connectivity index (χ0n) is 13.8. The topological polar surface area (TPSA) is 71.1 Å². The van der Waals surface area contributed by atoms with Crippen molar-refractivity contribution in [3.8, 4) is 11.5 Å². The molecule has 5 rings (SSSR count). The second-order valence-corrected chi connectivity index (χ2v) is 7.71. The second-order valence-electron chi connectivity index (χ2n) is 6.68. The minimum absolute atomic E-state index is 0.164. The van der Waals surface area contributed by atoms with E-state index in [9.17, 15) is 9.59 Å². The SMILES string of the molecule is O=C(Cc1cccs1)OC1c2cc3c(cc2C[C@H]2C(=O)OCC12)OCO3. The average Bonchev–Trinajstić information content (AvgIpc) is 3.35. The van der Waals surface area contributed by atoms with E-state index in [1.807, 2.05) is 29.6 Å². The Morgan fingerprint density at radius 1 is 1.23 bits per heavy atom. The average molecular weight is 372 g/mol. The van der Waals surface area contributed by atoms with E-state index in [1.165, 1.54) is 11.3 Å². The first-order chi connectivity index (χ1) is 12.7. The van der Waals surface area contributed by atoms with Crippen LogP contribution in [0.4, 0.5) is 0 Å². The molecular formula is C19H16O6S. The molecule has 134 valence electrons. The zero-order chi connectivity index (χ0) is 17.7. The van der Waals surface area contributed by atoms with Crippen LogP contribution in [0.5, 0.6) is 11.5 Å². The molecule has 0 spiro atoms. The maximum Gasteiger partial charge on any atom is 0.311 e. The van der Waals surface area contributed by atoms with Crippen LogP contribution in [0, 0.1) is 11.8 Å². The Morgan fingerprint density at radius 3 is 2.88 bits per heavy atom. The molecular weight excluding hydrogens is 356 g/mol. The third-order valence-corrected chi connectivity index (χ3v) is 6.04. The number of esters is 2. The number of hydrogen-bond donors (Lipinski definition) is 0. The highest BCUT2D eigenvalue weighted by Gasteiger charge is 2.48. The molecule has 3 aliphatic rings. The highest BCUT2D eigenvalue weighted by molar-refractivity contribution is 7.10. The largest absolute Gasteiger partial charge is 0.465 e. The maximum absolute atomic E-state index is 12.5. The number of thiophene rings is 1. The van der Waals surface area contributed by atoms with Crippen molar-refractivity contribution in [3.63, 3.8) is 0 Å².